The number of hydrogen-bond acceptors (Lipinski definition) is 6. The third kappa shape index (κ3) is 4.07. The van der Waals surface area contributed by atoms with Crippen molar-refractivity contribution in [2.45, 2.75) is 32.5 Å². The fourth-order valence-corrected chi connectivity index (χ4v) is 3.17. The molecule has 2 aromatic heterocycles. The molecule has 8 nitrogen and oxygen atoms in total. The van der Waals surface area contributed by atoms with Gasteiger partial charge in [0.25, 0.3) is 0 Å². The van der Waals surface area contributed by atoms with E-state index in [0.717, 1.165) is 11.6 Å². The van der Waals surface area contributed by atoms with Gasteiger partial charge in [0.05, 0.1) is 12.4 Å². The Morgan fingerprint density at radius 3 is 2.90 bits per heavy atom. The highest BCUT2D eigenvalue weighted by Crippen LogP contribution is 2.28. The second kappa shape index (κ2) is 8.05. The molecule has 2 N–H and O–H groups in total. The molecule has 30 heavy (non-hydrogen) atoms. The molecule has 10 heteroatoms. The van der Waals surface area contributed by atoms with E-state index < -0.39 is 11.6 Å². The number of fused-ring (bicyclic) bond motifs is 1. The van der Waals surface area contributed by atoms with Crippen molar-refractivity contribution >= 4 is 23.4 Å². The Balaban J connectivity index is 1.36. The number of halogens is 2. The molecule has 0 fully saturated rings. The molecule has 0 unspecified atom stereocenters. The molecule has 0 spiro atoms. The van der Waals surface area contributed by atoms with Crippen LogP contribution in [0.2, 0.25) is 0 Å². The quantitative estimate of drug-likeness (QED) is 0.646. The average Bonchev–Trinajstić information content (AvgIpc) is 3.18. The predicted octanol–water partition coefficient (Wildman–Crippen LogP) is 2.58. The Morgan fingerprint density at radius 1 is 1.27 bits per heavy atom. The predicted molar refractivity (Wildman–Crippen MR) is 108 cm³/mol. The van der Waals surface area contributed by atoms with Crippen LogP contribution in [0.5, 0.6) is 0 Å². The van der Waals surface area contributed by atoms with Gasteiger partial charge in [-0.25, -0.2) is 13.8 Å². The number of rotatable bonds is 6. The third-order valence-electron chi connectivity index (χ3n) is 5.08. The van der Waals surface area contributed by atoms with Crippen LogP contribution in [0.3, 0.4) is 0 Å². The number of carbonyl (C=O) groups is 1. The van der Waals surface area contributed by atoms with Gasteiger partial charge in [0, 0.05) is 38.0 Å². The van der Waals surface area contributed by atoms with Crippen LogP contribution in [0.15, 0.2) is 36.8 Å². The topological polar surface area (TPSA) is 88.0 Å². The first-order chi connectivity index (χ1) is 14.4. The van der Waals surface area contributed by atoms with Gasteiger partial charge in [-0.2, -0.15) is 10.1 Å². The summed E-state index contributed by atoms with van der Waals surface area (Å²) < 4.78 is 28.4. The van der Waals surface area contributed by atoms with Crippen molar-refractivity contribution in [1.82, 2.24) is 19.7 Å². The summed E-state index contributed by atoms with van der Waals surface area (Å²) in [6.45, 7) is 2.73. The summed E-state index contributed by atoms with van der Waals surface area (Å²) in [6.07, 6.45) is 5.54. The highest BCUT2D eigenvalue weighted by Gasteiger charge is 2.28. The summed E-state index contributed by atoms with van der Waals surface area (Å²) >= 11 is 0. The molecule has 1 amide bonds. The van der Waals surface area contributed by atoms with E-state index in [9.17, 15) is 13.6 Å². The van der Waals surface area contributed by atoms with Crippen LogP contribution in [0.4, 0.5) is 26.2 Å². The van der Waals surface area contributed by atoms with Crippen molar-refractivity contribution in [3.63, 3.8) is 0 Å². The Labute approximate surface area is 171 Å². The van der Waals surface area contributed by atoms with Crippen LogP contribution in [0.25, 0.3) is 0 Å². The van der Waals surface area contributed by atoms with E-state index in [1.54, 1.807) is 28.9 Å². The van der Waals surface area contributed by atoms with Crippen molar-refractivity contribution in [2.75, 3.05) is 22.6 Å². The standard InChI is InChI=1S/C20H21F2N7O/c1-12-19(30)26-17-10-24-20(27-18(17)28(12)2)23-8-13-9-25-29(11-13)6-5-14-3-4-15(21)7-16(14)22/h3-4,7,9-12H,5-6,8H2,1-2H3,(H,26,30)(H,23,24,27)/t12-/m0/s1. The minimum atomic E-state index is -0.587. The maximum Gasteiger partial charge on any atom is 0.246 e. The molecule has 0 saturated heterocycles. The molecular weight excluding hydrogens is 392 g/mol. The third-order valence-corrected chi connectivity index (χ3v) is 5.08. The van der Waals surface area contributed by atoms with Crippen LogP contribution in [-0.2, 0) is 24.3 Å². The number of amides is 1. The molecule has 3 heterocycles. The lowest BCUT2D eigenvalue weighted by molar-refractivity contribution is -0.117. The van der Waals surface area contributed by atoms with E-state index in [2.05, 4.69) is 25.7 Å². The van der Waals surface area contributed by atoms with E-state index in [1.165, 1.54) is 12.1 Å². The van der Waals surface area contributed by atoms with Crippen molar-refractivity contribution in [2.24, 2.45) is 0 Å². The van der Waals surface area contributed by atoms with E-state index >= 15 is 0 Å². The van der Waals surface area contributed by atoms with Crippen LogP contribution >= 0.6 is 0 Å². The van der Waals surface area contributed by atoms with Crippen LogP contribution in [-0.4, -0.2) is 38.7 Å². The van der Waals surface area contributed by atoms with Crippen molar-refractivity contribution < 1.29 is 13.6 Å². The smallest absolute Gasteiger partial charge is 0.246 e. The van der Waals surface area contributed by atoms with E-state index in [0.29, 0.717) is 42.5 Å². The molecular formula is C20H21F2N7O. The van der Waals surface area contributed by atoms with Gasteiger partial charge in [0.2, 0.25) is 11.9 Å². The number of aryl methyl sites for hydroxylation is 2. The molecule has 0 aliphatic carbocycles. The summed E-state index contributed by atoms with van der Waals surface area (Å²) in [5, 5.41) is 10.2. The van der Waals surface area contributed by atoms with Crippen LogP contribution in [0.1, 0.15) is 18.1 Å². The number of likely N-dealkylation sites (N-methyl/N-ethyl adjacent to an activating group) is 1. The monoisotopic (exact) mass is 413 g/mol. The van der Waals surface area contributed by atoms with Crippen molar-refractivity contribution in [3.05, 3.63) is 59.6 Å². The Kier molecular flexibility index (Phi) is 5.30. The summed E-state index contributed by atoms with van der Waals surface area (Å²) in [5.41, 5.74) is 1.93. The second-order valence-electron chi connectivity index (χ2n) is 7.16. The zero-order valence-electron chi connectivity index (χ0n) is 16.6. The molecule has 0 radical (unpaired) electrons. The molecule has 1 aliphatic heterocycles. The number of aromatic nitrogens is 4. The second-order valence-corrected chi connectivity index (χ2v) is 7.16. The maximum absolute atomic E-state index is 13.7. The molecule has 1 aliphatic rings. The lowest BCUT2D eigenvalue weighted by atomic mass is 10.1. The zero-order chi connectivity index (χ0) is 21.3. The summed E-state index contributed by atoms with van der Waals surface area (Å²) in [5.74, 6) is -0.149. The normalized spacial score (nSPS) is 15.7. The zero-order valence-corrected chi connectivity index (χ0v) is 16.6. The minimum Gasteiger partial charge on any atom is -0.350 e. The highest BCUT2D eigenvalue weighted by atomic mass is 19.1. The highest BCUT2D eigenvalue weighted by molar-refractivity contribution is 6.02. The van der Waals surface area contributed by atoms with Gasteiger partial charge in [0.15, 0.2) is 5.82 Å². The molecule has 156 valence electrons. The number of nitrogens with one attached hydrogen (secondary N) is 2. The molecule has 0 saturated carbocycles. The van der Waals surface area contributed by atoms with Gasteiger partial charge < -0.3 is 15.5 Å². The Hall–Kier alpha value is -3.56. The van der Waals surface area contributed by atoms with Crippen LogP contribution < -0.4 is 15.5 Å². The molecule has 0 bridgehead atoms. The molecule has 4 rings (SSSR count). The average molecular weight is 413 g/mol. The SMILES string of the molecule is C[C@H]1C(=O)Nc2cnc(NCc3cnn(CCc4ccc(F)cc4F)c3)nc2N1C. The Morgan fingerprint density at radius 2 is 2.10 bits per heavy atom. The van der Waals surface area contributed by atoms with E-state index in [-0.39, 0.29) is 11.9 Å². The van der Waals surface area contributed by atoms with Gasteiger partial charge in [-0.3, -0.25) is 9.48 Å². The van der Waals surface area contributed by atoms with E-state index in [1.807, 2.05) is 13.2 Å². The fourth-order valence-electron chi connectivity index (χ4n) is 3.17. The molecule has 3 aromatic rings. The lowest BCUT2D eigenvalue weighted by Crippen LogP contribution is -2.44. The number of nitrogens with zero attached hydrogens (tertiary/aromatic N) is 5. The largest absolute Gasteiger partial charge is 0.350 e. The summed E-state index contributed by atoms with van der Waals surface area (Å²) in [6, 6.07) is 3.27. The van der Waals surface area contributed by atoms with Crippen molar-refractivity contribution in [3.8, 4) is 0 Å². The molecule has 1 aromatic carbocycles. The van der Waals surface area contributed by atoms with Gasteiger partial charge in [-0.05, 0) is 25.0 Å². The first-order valence-corrected chi connectivity index (χ1v) is 9.50. The first kappa shape index (κ1) is 19.7. The number of hydrogen-bond donors (Lipinski definition) is 2. The lowest BCUT2D eigenvalue weighted by Gasteiger charge is -2.31. The number of carbonyl (C=O) groups excluding carboxylic acids is 1. The van der Waals surface area contributed by atoms with Gasteiger partial charge in [0.1, 0.15) is 23.4 Å². The number of anilines is 3. The van der Waals surface area contributed by atoms with Crippen LogP contribution in [0, 0.1) is 11.6 Å². The van der Waals surface area contributed by atoms with Crippen molar-refractivity contribution in [1.29, 1.82) is 0 Å². The molecule has 1 atom stereocenters. The van der Waals surface area contributed by atoms with Gasteiger partial charge in [-0.15, -0.1) is 0 Å². The first-order valence-electron chi connectivity index (χ1n) is 9.50. The maximum atomic E-state index is 13.7. The fraction of sp³-hybridized carbons (Fsp3) is 0.300. The summed E-state index contributed by atoms with van der Waals surface area (Å²) in [7, 11) is 1.81. The minimum absolute atomic E-state index is 0.0951. The van der Waals surface area contributed by atoms with Gasteiger partial charge in [-0.1, -0.05) is 6.07 Å². The van der Waals surface area contributed by atoms with E-state index in [4.69, 9.17) is 0 Å². The Bertz CT molecular complexity index is 1080. The summed E-state index contributed by atoms with van der Waals surface area (Å²) in [4.78, 5) is 22.4. The number of benzene rings is 1. The van der Waals surface area contributed by atoms with Gasteiger partial charge >= 0.3 is 0 Å².